The quantitative estimate of drug-likeness (QED) is 0.562. The molecule has 2 aromatic carbocycles. The second kappa shape index (κ2) is 5.93. The van der Waals surface area contributed by atoms with Gasteiger partial charge in [0, 0.05) is 20.1 Å². The zero-order chi connectivity index (χ0) is 15.8. The maximum absolute atomic E-state index is 12.6. The lowest BCUT2D eigenvalue weighted by Gasteiger charge is -2.11. The molecule has 0 bridgehead atoms. The van der Waals surface area contributed by atoms with E-state index in [9.17, 15) is 18.0 Å². The van der Waals surface area contributed by atoms with E-state index in [2.05, 4.69) is 31.9 Å². The number of hydrogen-bond donors (Lipinski definition) is 0. The zero-order valence-electron chi connectivity index (χ0n) is 10.8. The van der Waals surface area contributed by atoms with Gasteiger partial charge in [0.05, 0.1) is 5.56 Å². The lowest BCUT2D eigenvalue weighted by molar-refractivity contribution is -0.137. The van der Waals surface area contributed by atoms with Crippen LogP contribution in [0.1, 0.15) is 27.0 Å². The molecule has 0 N–H and O–H groups in total. The first-order valence-electron chi connectivity index (χ1n) is 5.88. The highest BCUT2D eigenvalue weighted by molar-refractivity contribution is 9.11. The fraction of sp³-hybridized carbons (Fsp3) is 0.133. The number of ketones is 1. The van der Waals surface area contributed by atoms with Crippen molar-refractivity contribution in [2.24, 2.45) is 0 Å². The Morgan fingerprint density at radius 2 is 1.67 bits per heavy atom. The maximum atomic E-state index is 12.6. The molecule has 0 saturated heterocycles. The monoisotopic (exact) mass is 420 g/mol. The molecule has 0 spiro atoms. The van der Waals surface area contributed by atoms with Crippen molar-refractivity contribution in [3.8, 4) is 0 Å². The van der Waals surface area contributed by atoms with Gasteiger partial charge in [-0.3, -0.25) is 4.79 Å². The van der Waals surface area contributed by atoms with Crippen LogP contribution in [0.4, 0.5) is 13.2 Å². The van der Waals surface area contributed by atoms with Gasteiger partial charge in [-0.2, -0.15) is 13.2 Å². The molecular formula is C15H9Br2F3O. The van der Waals surface area contributed by atoms with Crippen LogP contribution in [0.25, 0.3) is 0 Å². The maximum Gasteiger partial charge on any atom is 0.416 e. The van der Waals surface area contributed by atoms with Gasteiger partial charge < -0.3 is 0 Å². The van der Waals surface area contributed by atoms with Crippen molar-refractivity contribution in [2.75, 3.05) is 0 Å². The van der Waals surface area contributed by atoms with Gasteiger partial charge in [-0.25, -0.2) is 0 Å². The van der Waals surface area contributed by atoms with Gasteiger partial charge >= 0.3 is 6.18 Å². The van der Waals surface area contributed by atoms with Crippen LogP contribution in [0.3, 0.4) is 0 Å². The molecular weight excluding hydrogens is 413 g/mol. The number of rotatable bonds is 2. The number of aryl methyl sites for hydroxylation is 1. The van der Waals surface area contributed by atoms with Crippen LogP contribution >= 0.6 is 31.9 Å². The molecule has 2 aromatic rings. The summed E-state index contributed by atoms with van der Waals surface area (Å²) in [5.74, 6) is -0.325. The van der Waals surface area contributed by atoms with Gasteiger partial charge in [0.1, 0.15) is 0 Å². The summed E-state index contributed by atoms with van der Waals surface area (Å²) in [5.41, 5.74) is 0.181. The minimum Gasteiger partial charge on any atom is -0.289 e. The molecule has 2 rings (SSSR count). The number of carbonyl (C=O) groups is 1. The second-order valence-electron chi connectivity index (χ2n) is 4.48. The first-order chi connectivity index (χ1) is 9.70. The Labute approximate surface area is 136 Å². The summed E-state index contributed by atoms with van der Waals surface area (Å²) >= 11 is 6.55. The lowest BCUT2D eigenvalue weighted by atomic mass is 9.97. The average molecular weight is 422 g/mol. The van der Waals surface area contributed by atoms with Crippen LogP contribution in [0.15, 0.2) is 45.3 Å². The number of carbonyl (C=O) groups excluding carboxylic acids is 1. The standard InChI is InChI=1S/C15H9Br2F3O/c1-8-6-9(15(18,19)20)2-4-11(8)14(21)12-7-10(16)3-5-13(12)17/h2-7H,1H3. The summed E-state index contributed by atoms with van der Waals surface area (Å²) in [4.78, 5) is 12.5. The smallest absolute Gasteiger partial charge is 0.289 e. The van der Waals surface area contributed by atoms with E-state index in [1.807, 2.05) is 0 Å². The van der Waals surface area contributed by atoms with Crippen LogP contribution in [-0.2, 0) is 6.18 Å². The summed E-state index contributed by atoms with van der Waals surface area (Å²) < 4.78 is 39.2. The van der Waals surface area contributed by atoms with E-state index in [-0.39, 0.29) is 11.3 Å². The molecule has 0 radical (unpaired) electrons. The third-order valence-electron chi connectivity index (χ3n) is 2.97. The fourth-order valence-corrected chi connectivity index (χ4v) is 2.70. The van der Waals surface area contributed by atoms with Crippen LogP contribution in [-0.4, -0.2) is 5.78 Å². The summed E-state index contributed by atoms with van der Waals surface area (Å²) in [7, 11) is 0. The first kappa shape index (κ1) is 16.2. The van der Waals surface area contributed by atoms with E-state index >= 15 is 0 Å². The molecule has 0 saturated carbocycles. The van der Waals surface area contributed by atoms with E-state index in [0.717, 1.165) is 16.6 Å². The molecule has 6 heteroatoms. The Morgan fingerprint density at radius 3 is 2.24 bits per heavy atom. The molecule has 1 nitrogen and oxygen atoms in total. The summed E-state index contributed by atoms with van der Waals surface area (Å²) in [6.45, 7) is 1.49. The van der Waals surface area contributed by atoms with Crippen LogP contribution in [0.5, 0.6) is 0 Å². The molecule has 0 amide bonds. The lowest BCUT2D eigenvalue weighted by Crippen LogP contribution is -2.09. The highest BCUT2D eigenvalue weighted by atomic mass is 79.9. The van der Waals surface area contributed by atoms with E-state index < -0.39 is 11.7 Å². The average Bonchev–Trinajstić information content (AvgIpc) is 2.39. The third kappa shape index (κ3) is 3.55. The highest BCUT2D eigenvalue weighted by Crippen LogP contribution is 2.31. The molecule has 110 valence electrons. The third-order valence-corrected chi connectivity index (χ3v) is 4.16. The van der Waals surface area contributed by atoms with Crippen LogP contribution < -0.4 is 0 Å². The zero-order valence-corrected chi connectivity index (χ0v) is 13.9. The number of halogens is 5. The summed E-state index contributed by atoms with van der Waals surface area (Å²) in [5, 5.41) is 0. The van der Waals surface area contributed by atoms with E-state index in [4.69, 9.17) is 0 Å². The van der Waals surface area contributed by atoms with Gasteiger partial charge in [0.25, 0.3) is 0 Å². The predicted octanol–water partition coefficient (Wildman–Crippen LogP) is 5.77. The SMILES string of the molecule is Cc1cc(C(F)(F)F)ccc1C(=O)c1cc(Br)ccc1Br. The van der Waals surface area contributed by atoms with Gasteiger partial charge in [-0.15, -0.1) is 0 Å². The van der Waals surface area contributed by atoms with Gasteiger partial charge in [-0.05, 0) is 42.8 Å². The Morgan fingerprint density at radius 1 is 1.00 bits per heavy atom. The number of hydrogen-bond acceptors (Lipinski definition) is 1. The first-order valence-corrected chi connectivity index (χ1v) is 7.46. The topological polar surface area (TPSA) is 17.1 Å². The normalized spacial score (nSPS) is 11.5. The molecule has 0 aliphatic carbocycles. The summed E-state index contributed by atoms with van der Waals surface area (Å²) in [6, 6.07) is 8.22. The van der Waals surface area contributed by atoms with Crippen molar-refractivity contribution >= 4 is 37.6 Å². The molecule has 21 heavy (non-hydrogen) atoms. The summed E-state index contributed by atoms with van der Waals surface area (Å²) in [6.07, 6.45) is -4.41. The molecule has 0 atom stereocenters. The van der Waals surface area contributed by atoms with Crippen molar-refractivity contribution in [1.29, 1.82) is 0 Å². The molecule has 0 aromatic heterocycles. The minimum absolute atomic E-state index is 0.252. The van der Waals surface area contributed by atoms with Gasteiger partial charge in [-0.1, -0.05) is 37.9 Å². The number of benzene rings is 2. The Balaban J connectivity index is 2.47. The minimum atomic E-state index is -4.41. The van der Waals surface area contributed by atoms with Crippen LogP contribution in [0.2, 0.25) is 0 Å². The van der Waals surface area contributed by atoms with E-state index in [1.165, 1.54) is 13.0 Å². The number of alkyl halides is 3. The predicted molar refractivity (Wildman–Crippen MR) is 81.5 cm³/mol. The van der Waals surface area contributed by atoms with E-state index in [1.54, 1.807) is 18.2 Å². The van der Waals surface area contributed by atoms with Gasteiger partial charge in [0.2, 0.25) is 0 Å². The van der Waals surface area contributed by atoms with Crippen molar-refractivity contribution in [3.05, 3.63) is 67.6 Å². The molecule has 0 heterocycles. The van der Waals surface area contributed by atoms with Crippen molar-refractivity contribution in [3.63, 3.8) is 0 Å². The van der Waals surface area contributed by atoms with Crippen molar-refractivity contribution in [2.45, 2.75) is 13.1 Å². The van der Waals surface area contributed by atoms with Gasteiger partial charge in [0.15, 0.2) is 5.78 Å². The fourth-order valence-electron chi connectivity index (χ4n) is 1.91. The van der Waals surface area contributed by atoms with Crippen molar-refractivity contribution in [1.82, 2.24) is 0 Å². The Kier molecular flexibility index (Phi) is 4.58. The van der Waals surface area contributed by atoms with Crippen molar-refractivity contribution < 1.29 is 18.0 Å². The largest absolute Gasteiger partial charge is 0.416 e. The molecule has 0 aliphatic heterocycles. The Hall–Kier alpha value is -1.14. The molecule has 0 fully saturated rings. The molecule has 0 aliphatic rings. The highest BCUT2D eigenvalue weighted by Gasteiger charge is 2.31. The van der Waals surface area contributed by atoms with Crippen LogP contribution in [0, 0.1) is 6.92 Å². The van der Waals surface area contributed by atoms with E-state index in [0.29, 0.717) is 15.6 Å². The Bertz CT molecular complexity index is 709. The second-order valence-corrected chi connectivity index (χ2v) is 6.25. The molecule has 0 unspecified atom stereocenters.